The van der Waals surface area contributed by atoms with Gasteiger partial charge in [0.05, 0.1) is 12.0 Å². The normalized spacial score (nSPS) is 21.1. The van der Waals surface area contributed by atoms with Crippen molar-refractivity contribution < 1.29 is 27.4 Å². The molecule has 0 heterocycles. The molecular weight excluding hydrogens is 375 g/mol. The zero-order valence-corrected chi connectivity index (χ0v) is 16.2. The number of anilines is 1. The highest BCUT2D eigenvalue weighted by molar-refractivity contribution is 5.92. The summed E-state index contributed by atoms with van der Waals surface area (Å²) in [6.45, 7) is 5.53. The highest BCUT2D eigenvalue weighted by atomic mass is 19.4. The molecule has 1 aliphatic rings. The van der Waals surface area contributed by atoms with Crippen molar-refractivity contribution in [3.8, 4) is 5.75 Å². The van der Waals surface area contributed by atoms with Crippen LogP contribution in [0.4, 0.5) is 18.9 Å². The summed E-state index contributed by atoms with van der Waals surface area (Å²) in [6, 6.07) is 5.20. The number of esters is 1. The average molecular weight is 401 g/mol. The Balaban J connectivity index is 1.84. The van der Waals surface area contributed by atoms with Crippen molar-refractivity contribution in [2.24, 2.45) is 16.6 Å². The number of aliphatic imine (C=N–C) groups is 1. The molecule has 1 aromatic carbocycles. The summed E-state index contributed by atoms with van der Waals surface area (Å²) in [5, 5.41) is 2.84. The third-order valence-electron chi connectivity index (χ3n) is 4.12. The number of carbonyl (C=O) groups excluding carboxylic acids is 1. The SMILES string of the molecule is CC(C)(C)OC(=O)C1CCC(N=C(N)Nc2ccc(OC(F)(F)F)cc2)CC1. The lowest BCUT2D eigenvalue weighted by molar-refractivity contribution is -0.274. The highest BCUT2D eigenvalue weighted by Crippen LogP contribution is 2.29. The monoisotopic (exact) mass is 401 g/mol. The summed E-state index contributed by atoms with van der Waals surface area (Å²) in [5.41, 5.74) is 5.89. The summed E-state index contributed by atoms with van der Waals surface area (Å²) in [7, 11) is 0. The van der Waals surface area contributed by atoms with Gasteiger partial charge in [0.25, 0.3) is 0 Å². The molecule has 0 spiro atoms. The van der Waals surface area contributed by atoms with Crippen LogP contribution in [-0.2, 0) is 9.53 Å². The highest BCUT2D eigenvalue weighted by Gasteiger charge is 2.31. The first-order chi connectivity index (χ1) is 12.9. The zero-order valence-electron chi connectivity index (χ0n) is 16.2. The lowest BCUT2D eigenvalue weighted by Gasteiger charge is -2.28. The molecule has 0 atom stereocenters. The van der Waals surface area contributed by atoms with E-state index in [-0.39, 0.29) is 29.6 Å². The van der Waals surface area contributed by atoms with Gasteiger partial charge < -0.3 is 20.5 Å². The number of nitrogens with zero attached hydrogens (tertiary/aromatic N) is 1. The van der Waals surface area contributed by atoms with Crippen LogP contribution in [0.5, 0.6) is 5.75 Å². The van der Waals surface area contributed by atoms with Gasteiger partial charge in [0.15, 0.2) is 5.96 Å². The summed E-state index contributed by atoms with van der Waals surface area (Å²) >= 11 is 0. The minimum Gasteiger partial charge on any atom is -0.460 e. The molecule has 0 amide bonds. The van der Waals surface area contributed by atoms with Gasteiger partial charge >= 0.3 is 12.3 Å². The number of ether oxygens (including phenoxy) is 2. The van der Waals surface area contributed by atoms with Gasteiger partial charge in [0.1, 0.15) is 11.4 Å². The van der Waals surface area contributed by atoms with Crippen molar-refractivity contribution in [1.29, 1.82) is 0 Å². The Morgan fingerprint density at radius 3 is 2.18 bits per heavy atom. The number of guanidine groups is 1. The molecule has 1 fully saturated rings. The van der Waals surface area contributed by atoms with E-state index in [1.807, 2.05) is 20.8 Å². The maximum Gasteiger partial charge on any atom is 0.573 e. The zero-order chi connectivity index (χ0) is 20.9. The van der Waals surface area contributed by atoms with Crippen molar-refractivity contribution >= 4 is 17.6 Å². The van der Waals surface area contributed by atoms with Crippen molar-refractivity contribution in [1.82, 2.24) is 0 Å². The van der Waals surface area contributed by atoms with Crippen LogP contribution in [0.3, 0.4) is 0 Å². The fraction of sp³-hybridized carbons (Fsp3) is 0.579. The first-order valence-electron chi connectivity index (χ1n) is 9.10. The van der Waals surface area contributed by atoms with E-state index in [1.165, 1.54) is 24.3 Å². The number of nitrogens with one attached hydrogen (secondary N) is 1. The Labute approximate surface area is 162 Å². The molecule has 1 aliphatic carbocycles. The first kappa shape index (κ1) is 21.8. The molecule has 0 aliphatic heterocycles. The maximum atomic E-state index is 12.2. The molecule has 1 saturated carbocycles. The summed E-state index contributed by atoms with van der Waals surface area (Å²) in [4.78, 5) is 16.5. The number of alkyl halides is 3. The minimum atomic E-state index is -4.73. The fourth-order valence-corrected chi connectivity index (χ4v) is 2.94. The van der Waals surface area contributed by atoms with E-state index in [1.54, 1.807) is 0 Å². The first-order valence-corrected chi connectivity index (χ1v) is 9.10. The van der Waals surface area contributed by atoms with Crippen LogP contribution in [0.25, 0.3) is 0 Å². The van der Waals surface area contributed by atoms with Gasteiger partial charge in [-0.3, -0.25) is 4.79 Å². The Morgan fingerprint density at radius 1 is 1.11 bits per heavy atom. The second-order valence-corrected chi connectivity index (χ2v) is 7.75. The number of halogens is 3. The van der Waals surface area contributed by atoms with Crippen LogP contribution in [0, 0.1) is 5.92 Å². The van der Waals surface area contributed by atoms with Crippen LogP contribution in [0.15, 0.2) is 29.3 Å². The molecule has 0 unspecified atom stereocenters. The van der Waals surface area contributed by atoms with E-state index < -0.39 is 12.0 Å². The molecule has 1 aromatic rings. The van der Waals surface area contributed by atoms with Crippen LogP contribution >= 0.6 is 0 Å². The summed E-state index contributed by atoms with van der Waals surface area (Å²) in [6.07, 6.45) is -1.94. The van der Waals surface area contributed by atoms with E-state index in [2.05, 4.69) is 15.0 Å². The molecule has 3 N–H and O–H groups in total. The predicted octanol–water partition coefficient (Wildman–Crippen LogP) is 4.21. The van der Waals surface area contributed by atoms with Crippen molar-refractivity contribution in [2.75, 3.05) is 5.32 Å². The lowest BCUT2D eigenvalue weighted by atomic mass is 9.86. The molecule has 2 rings (SSSR count). The Hall–Kier alpha value is -2.45. The Bertz CT molecular complexity index is 689. The molecule has 0 radical (unpaired) electrons. The van der Waals surface area contributed by atoms with E-state index in [0.717, 1.165) is 0 Å². The Morgan fingerprint density at radius 2 is 1.68 bits per heavy atom. The third-order valence-corrected chi connectivity index (χ3v) is 4.12. The Kier molecular flexibility index (Phi) is 6.79. The van der Waals surface area contributed by atoms with Crippen molar-refractivity contribution in [3.05, 3.63) is 24.3 Å². The van der Waals surface area contributed by atoms with E-state index in [9.17, 15) is 18.0 Å². The third kappa shape index (κ3) is 7.66. The van der Waals surface area contributed by atoms with Gasteiger partial charge in [-0.05, 0) is 70.7 Å². The fourth-order valence-electron chi connectivity index (χ4n) is 2.94. The van der Waals surface area contributed by atoms with Crippen molar-refractivity contribution in [2.45, 2.75) is 64.5 Å². The largest absolute Gasteiger partial charge is 0.573 e. The topological polar surface area (TPSA) is 85.9 Å². The van der Waals surface area contributed by atoms with Gasteiger partial charge in [0, 0.05) is 5.69 Å². The predicted molar refractivity (Wildman–Crippen MR) is 100.0 cm³/mol. The van der Waals surface area contributed by atoms with Gasteiger partial charge in [-0.15, -0.1) is 13.2 Å². The second-order valence-electron chi connectivity index (χ2n) is 7.75. The van der Waals surface area contributed by atoms with Crippen LogP contribution in [0.2, 0.25) is 0 Å². The molecule has 156 valence electrons. The maximum absolute atomic E-state index is 12.2. The lowest BCUT2D eigenvalue weighted by Crippen LogP contribution is -2.32. The van der Waals surface area contributed by atoms with Gasteiger partial charge in [-0.2, -0.15) is 0 Å². The van der Waals surface area contributed by atoms with Gasteiger partial charge in [-0.25, -0.2) is 4.99 Å². The minimum absolute atomic E-state index is 0.0148. The number of nitrogens with two attached hydrogens (primary N) is 1. The quantitative estimate of drug-likeness (QED) is 0.448. The molecule has 28 heavy (non-hydrogen) atoms. The molecule has 0 aromatic heterocycles. The smallest absolute Gasteiger partial charge is 0.460 e. The van der Waals surface area contributed by atoms with Gasteiger partial charge in [0.2, 0.25) is 0 Å². The van der Waals surface area contributed by atoms with Gasteiger partial charge in [-0.1, -0.05) is 0 Å². The number of rotatable bonds is 4. The molecular formula is C19H26F3N3O3. The second kappa shape index (κ2) is 8.70. The molecule has 0 saturated heterocycles. The average Bonchev–Trinajstić information content (AvgIpc) is 2.54. The molecule has 9 heteroatoms. The number of hydrogen-bond donors (Lipinski definition) is 2. The van der Waals surface area contributed by atoms with Crippen LogP contribution < -0.4 is 15.8 Å². The number of hydrogen-bond acceptors (Lipinski definition) is 4. The summed E-state index contributed by atoms with van der Waals surface area (Å²) < 4.78 is 45.7. The molecule has 0 bridgehead atoms. The van der Waals surface area contributed by atoms with E-state index >= 15 is 0 Å². The van der Waals surface area contributed by atoms with E-state index in [4.69, 9.17) is 10.5 Å². The van der Waals surface area contributed by atoms with Crippen LogP contribution in [0.1, 0.15) is 46.5 Å². The summed E-state index contributed by atoms with van der Waals surface area (Å²) in [5.74, 6) is -0.442. The standard InChI is InChI=1S/C19H26F3N3O3/c1-18(2,3)28-16(26)12-4-6-13(7-5-12)24-17(23)25-14-8-10-15(11-9-14)27-19(20,21)22/h8-13H,4-7H2,1-3H3,(H3,23,24,25). The van der Waals surface area contributed by atoms with Crippen molar-refractivity contribution in [3.63, 3.8) is 0 Å². The molecule has 6 nitrogen and oxygen atoms in total. The van der Waals surface area contributed by atoms with E-state index in [0.29, 0.717) is 31.4 Å². The van der Waals surface area contributed by atoms with Crippen LogP contribution in [-0.4, -0.2) is 29.9 Å². The number of carbonyl (C=O) groups is 1. The number of benzene rings is 1.